The maximum Gasteiger partial charge on any atom is 0.416 e. The van der Waals surface area contributed by atoms with E-state index in [2.05, 4.69) is 0 Å². The van der Waals surface area contributed by atoms with E-state index in [0.717, 1.165) is 25.0 Å². The normalized spacial score (nSPS) is 19.9. The predicted molar refractivity (Wildman–Crippen MR) is 70.0 cm³/mol. The molecule has 0 saturated carbocycles. The Morgan fingerprint density at radius 3 is 2.55 bits per heavy atom. The number of alkyl halides is 3. The van der Waals surface area contributed by atoms with Gasteiger partial charge in [-0.25, -0.2) is 0 Å². The second kappa shape index (κ2) is 5.22. The number of nitrogens with zero attached hydrogens (tertiary/aromatic N) is 1. The van der Waals surface area contributed by atoms with Crippen molar-refractivity contribution in [2.45, 2.75) is 31.5 Å². The zero-order valence-electron chi connectivity index (χ0n) is 10.8. The van der Waals surface area contributed by atoms with Crippen LogP contribution in [0.15, 0.2) is 18.2 Å². The molecule has 0 radical (unpaired) electrons. The molecule has 1 saturated heterocycles. The summed E-state index contributed by atoms with van der Waals surface area (Å²) < 4.78 is 37.8. The highest BCUT2D eigenvalue weighted by atomic mass is 19.4. The predicted octanol–water partition coefficient (Wildman–Crippen LogP) is 2.13. The molecular formula is C13H16F3N3O. The van der Waals surface area contributed by atoms with Crippen molar-refractivity contribution in [3.8, 4) is 0 Å². The molecule has 1 heterocycles. The summed E-state index contributed by atoms with van der Waals surface area (Å²) in [4.78, 5) is 13.1. The van der Waals surface area contributed by atoms with Gasteiger partial charge in [-0.3, -0.25) is 4.79 Å². The SMILES string of the molecule is NC(=O)C1CCCCN1c1ccc(C(F)(F)F)cc1N. The highest BCUT2D eigenvalue weighted by molar-refractivity contribution is 5.85. The summed E-state index contributed by atoms with van der Waals surface area (Å²) in [6.45, 7) is 0.559. The van der Waals surface area contributed by atoms with Gasteiger partial charge in [0, 0.05) is 6.54 Å². The van der Waals surface area contributed by atoms with Crippen LogP contribution >= 0.6 is 0 Å². The van der Waals surface area contributed by atoms with Crippen LogP contribution < -0.4 is 16.4 Å². The molecule has 1 aliphatic rings. The molecule has 4 N–H and O–H groups in total. The van der Waals surface area contributed by atoms with Crippen LogP contribution in [0.25, 0.3) is 0 Å². The number of halogens is 3. The number of hydrogen-bond acceptors (Lipinski definition) is 3. The van der Waals surface area contributed by atoms with Gasteiger partial charge in [0.2, 0.25) is 5.91 Å². The maximum absolute atomic E-state index is 12.6. The van der Waals surface area contributed by atoms with Crippen molar-refractivity contribution in [2.75, 3.05) is 17.2 Å². The summed E-state index contributed by atoms with van der Waals surface area (Å²) in [5.74, 6) is -0.482. The van der Waals surface area contributed by atoms with Crippen molar-refractivity contribution >= 4 is 17.3 Å². The van der Waals surface area contributed by atoms with Gasteiger partial charge in [-0.15, -0.1) is 0 Å². The van der Waals surface area contributed by atoms with E-state index in [0.29, 0.717) is 18.7 Å². The number of carbonyl (C=O) groups excluding carboxylic acids is 1. The summed E-state index contributed by atoms with van der Waals surface area (Å²) in [6.07, 6.45) is -2.12. The molecule has 0 spiro atoms. The van der Waals surface area contributed by atoms with Gasteiger partial charge < -0.3 is 16.4 Å². The second-order valence-electron chi connectivity index (χ2n) is 4.88. The zero-order chi connectivity index (χ0) is 14.9. The Hall–Kier alpha value is -1.92. The summed E-state index contributed by atoms with van der Waals surface area (Å²) in [6, 6.07) is 2.66. The first kappa shape index (κ1) is 14.5. The number of nitrogens with two attached hydrogens (primary N) is 2. The molecule has 1 unspecified atom stereocenters. The van der Waals surface area contributed by atoms with Gasteiger partial charge in [0.1, 0.15) is 6.04 Å². The summed E-state index contributed by atoms with van der Waals surface area (Å²) in [7, 11) is 0. The smallest absolute Gasteiger partial charge is 0.397 e. The van der Waals surface area contributed by atoms with Crippen molar-refractivity contribution in [1.29, 1.82) is 0 Å². The Morgan fingerprint density at radius 1 is 1.30 bits per heavy atom. The molecule has 0 aliphatic carbocycles. The first-order valence-electron chi connectivity index (χ1n) is 6.33. The molecule has 1 fully saturated rings. The van der Waals surface area contributed by atoms with Gasteiger partial charge in [-0.1, -0.05) is 0 Å². The molecule has 1 aromatic carbocycles. The Morgan fingerprint density at radius 2 is 2.00 bits per heavy atom. The molecule has 20 heavy (non-hydrogen) atoms. The molecule has 0 bridgehead atoms. The van der Waals surface area contributed by atoms with Crippen LogP contribution in [0.2, 0.25) is 0 Å². The van der Waals surface area contributed by atoms with Crippen LogP contribution in [0.3, 0.4) is 0 Å². The minimum Gasteiger partial charge on any atom is -0.397 e. The van der Waals surface area contributed by atoms with Crippen LogP contribution in [-0.4, -0.2) is 18.5 Å². The third kappa shape index (κ3) is 2.81. The molecule has 0 aromatic heterocycles. The summed E-state index contributed by atoms with van der Waals surface area (Å²) in [5.41, 5.74) is 10.7. The third-order valence-corrected chi connectivity index (χ3v) is 3.50. The number of piperidine rings is 1. The van der Waals surface area contributed by atoms with E-state index in [4.69, 9.17) is 11.5 Å². The fraction of sp³-hybridized carbons (Fsp3) is 0.462. The van der Waals surface area contributed by atoms with Crippen molar-refractivity contribution in [1.82, 2.24) is 0 Å². The molecule has 1 aromatic rings. The summed E-state index contributed by atoms with van der Waals surface area (Å²) in [5, 5.41) is 0. The molecule has 1 atom stereocenters. The van der Waals surface area contributed by atoms with E-state index in [1.807, 2.05) is 0 Å². The summed E-state index contributed by atoms with van der Waals surface area (Å²) >= 11 is 0. The number of rotatable bonds is 2. The van der Waals surface area contributed by atoms with E-state index in [9.17, 15) is 18.0 Å². The van der Waals surface area contributed by atoms with Crippen LogP contribution in [0.5, 0.6) is 0 Å². The van der Waals surface area contributed by atoms with Crippen LogP contribution in [-0.2, 0) is 11.0 Å². The number of hydrogen-bond donors (Lipinski definition) is 2. The lowest BCUT2D eigenvalue weighted by molar-refractivity contribution is -0.137. The zero-order valence-corrected chi connectivity index (χ0v) is 10.8. The lowest BCUT2D eigenvalue weighted by atomic mass is 10.00. The van der Waals surface area contributed by atoms with Gasteiger partial charge in [-0.2, -0.15) is 13.2 Å². The van der Waals surface area contributed by atoms with E-state index in [1.54, 1.807) is 4.90 Å². The highest BCUT2D eigenvalue weighted by Crippen LogP contribution is 2.35. The Kier molecular flexibility index (Phi) is 3.78. The van der Waals surface area contributed by atoms with Gasteiger partial charge in [0.05, 0.1) is 16.9 Å². The Bertz CT molecular complexity index is 516. The number of nitrogen functional groups attached to an aromatic ring is 1. The first-order valence-corrected chi connectivity index (χ1v) is 6.33. The lowest BCUT2D eigenvalue weighted by Gasteiger charge is -2.36. The molecule has 1 amide bonds. The van der Waals surface area contributed by atoms with Gasteiger partial charge in [0.25, 0.3) is 0 Å². The van der Waals surface area contributed by atoms with Crippen molar-refractivity contribution in [2.24, 2.45) is 5.73 Å². The van der Waals surface area contributed by atoms with E-state index in [1.165, 1.54) is 6.07 Å². The molecular weight excluding hydrogens is 271 g/mol. The van der Waals surface area contributed by atoms with Gasteiger partial charge in [-0.05, 0) is 37.5 Å². The largest absolute Gasteiger partial charge is 0.416 e. The molecule has 110 valence electrons. The van der Waals surface area contributed by atoms with E-state index >= 15 is 0 Å². The van der Waals surface area contributed by atoms with Crippen LogP contribution in [0.4, 0.5) is 24.5 Å². The van der Waals surface area contributed by atoms with Gasteiger partial charge >= 0.3 is 6.18 Å². The average molecular weight is 287 g/mol. The maximum atomic E-state index is 12.6. The molecule has 4 nitrogen and oxygen atoms in total. The second-order valence-corrected chi connectivity index (χ2v) is 4.88. The monoisotopic (exact) mass is 287 g/mol. The van der Waals surface area contributed by atoms with Crippen molar-refractivity contribution in [3.05, 3.63) is 23.8 Å². The standard InChI is InChI=1S/C13H16F3N3O/c14-13(15,16)8-4-5-10(9(17)7-8)19-6-2-1-3-11(19)12(18)20/h4-5,7,11H,1-3,6,17H2,(H2,18,20). The molecule has 7 heteroatoms. The van der Waals surface area contributed by atoms with Crippen molar-refractivity contribution < 1.29 is 18.0 Å². The minimum atomic E-state index is -4.43. The fourth-order valence-electron chi connectivity index (χ4n) is 2.51. The Balaban J connectivity index is 2.34. The van der Waals surface area contributed by atoms with E-state index < -0.39 is 23.7 Å². The van der Waals surface area contributed by atoms with Gasteiger partial charge in [0.15, 0.2) is 0 Å². The minimum absolute atomic E-state index is 0.00738. The van der Waals surface area contributed by atoms with Crippen LogP contribution in [0, 0.1) is 0 Å². The lowest BCUT2D eigenvalue weighted by Crippen LogP contribution is -2.48. The Labute approximate surface area is 114 Å². The average Bonchev–Trinajstić information content (AvgIpc) is 2.37. The molecule has 2 rings (SSSR count). The first-order chi connectivity index (χ1) is 9.30. The van der Waals surface area contributed by atoms with Crippen molar-refractivity contribution in [3.63, 3.8) is 0 Å². The fourth-order valence-corrected chi connectivity index (χ4v) is 2.51. The number of benzene rings is 1. The topological polar surface area (TPSA) is 72.4 Å². The third-order valence-electron chi connectivity index (χ3n) is 3.50. The van der Waals surface area contributed by atoms with Crippen LogP contribution in [0.1, 0.15) is 24.8 Å². The molecule has 1 aliphatic heterocycles. The quantitative estimate of drug-likeness (QED) is 0.818. The van der Waals surface area contributed by atoms with E-state index in [-0.39, 0.29) is 5.69 Å². The number of carbonyl (C=O) groups is 1. The number of primary amides is 1. The number of amides is 1. The number of anilines is 2. The highest BCUT2D eigenvalue weighted by Gasteiger charge is 2.33.